The Morgan fingerprint density at radius 2 is 1.31 bits per heavy atom. The summed E-state index contributed by atoms with van der Waals surface area (Å²) in [6, 6.07) is 11.1. The van der Waals surface area contributed by atoms with Crippen molar-refractivity contribution in [3.05, 3.63) is 30.3 Å². The minimum atomic E-state index is -1.41. The van der Waals surface area contributed by atoms with E-state index in [9.17, 15) is 0 Å². The molecule has 0 radical (unpaired) electrons. The fourth-order valence-electron chi connectivity index (χ4n) is 1.79. The average molecular weight is 372 g/mol. The number of hydrogen-bond donors (Lipinski definition) is 0. The summed E-state index contributed by atoms with van der Waals surface area (Å²) in [4.78, 5) is 0. The predicted molar refractivity (Wildman–Crippen MR) is 62.0 cm³/mol. The van der Waals surface area contributed by atoms with Crippen molar-refractivity contribution >= 4 is 25.0 Å². The van der Waals surface area contributed by atoms with Crippen molar-refractivity contribution in [3.63, 3.8) is 0 Å². The number of rotatable bonds is 3. The second kappa shape index (κ2) is 5.10. The van der Waals surface area contributed by atoms with Gasteiger partial charge < -0.3 is 0 Å². The summed E-state index contributed by atoms with van der Waals surface area (Å²) in [7, 11) is 0. The van der Waals surface area contributed by atoms with Crippen molar-refractivity contribution < 1.29 is 0 Å². The van der Waals surface area contributed by atoms with E-state index in [-0.39, 0.29) is 0 Å². The van der Waals surface area contributed by atoms with Crippen molar-refractivity contribution in [2.75, 3.05) is 0 Å². The number of hydrogen-bond acceptors (Lipinski definition) is 0. The van der Waals surface area contributed by atoms with Crippen LogP contribution in [0, 0.1) is 0 Å². The fraction of sp³-hybridized carbons (Fsp3) is 0.500. The van der Waals surface area contributed by atoms with Crippen LogP contribution in [0.1, 0.15) is 27.7 Å². The Labute approximate surface area is 90.0 Å². The van der Waals surface area contributed by atoms with Crippen LogP contribution in [-0.2, 0) is 0 Å². The van der Waals surface area contributed by atoms with Crippen LogP contribution in [0.3, 0.4) is 0 Å². The SMILES string of the molecule is C[CH](C)[Bi]([c]1ccccc1)[CH](C)C. The van der Waals surface area contributed by atoms with Crippen molar-refractivity contribution in [1.82, 2.24) is 0 Å². The second-order valence-corrected chi connectivity index (χ2v) is 17.1. The normalized spacial score (nSPS) is 11.6. The topological polar surface area (TPSA) is 0 Å². The molecule has 0 bridgehead atoms. The van der Waals surface area contributed by atoms with Crippen LogP contribution >= 0.6 is 0 Å². The Hall–Kier alpha value is 0.103. The first-order valence-corrected chi connectivity index (χ1v) is 10.7. The van der Waals surface area contributed by atoms with E-state index >= 15 is 0 Å². The third kappa shape index (κ3) is 3.06. The van der Waals surface area contributed by atoms with Gasteiger partial charge >= 0.3 is 90.3 Å². The average Bonchev–Trinajstić information content (AvgIpc) is 2.04. The van der Waals surface area contributed by atoms with Gasteiger partial charge in [-0.3, -0.25) is 0 Å². The van der Waals surface area contributed by atoms with Gasteiger partial charge in [-0.05, 0) is 0 Å². The molecule has 0 unspecified atom stereocenters. The van der Waals surface area contributed by atoms with Crippen LogP contribution in [0.2, 0.25) is 7.25 Å². The molecule has 0 aliphatic carbocycles. The van der Waals surface area contributed by atoms with E-state index in [0.717, 1.165) is 7.25 Å². The summed E-state index contributed by atoms with van der Waals surface area (Å²) in [6.45, 7) is 9.58. The van der Waals surface area contributed by atoms with Gasteiger partial charge in [-0.1, -0.05) is 0 Å². The molecule has 0 aromatic heterocycles. The van der Waals surface area contributed by atoms with Gasteiger partial charge in [0, 0.05) is 0 Å². The fourth-order valence-corrected chi connectivity index (χ4v) is 13.1. The zero-order chi connectivity index (χ0) is 9.84. The molecule has 0 saturated carbocycles. The van der Waals surface area contributed by atoms with Crippen LogP contribution < -0.4 is 3.27 Å². The van der Waals surface area contributed by atoms with Gasteiger partial charge in [0.25, 0.3) is 0 Å². The molecule has 0 fully saturated rings. The van der Waals surface area contributed by atoms with Crippen molar-refractivity contribution in [2.24, 2.45) is 0 Å². The molecule has 1 aromatic rings. The van der Waals surface area contributed by atoms with Crippen molar-refractivity contribution in [1.29, 1.82) is 0 Å². The Bertz CT molecular complexity index is 231. The summed E-state index contributed by atoms with van der Waals surface area (Å²) >= 11 is -1.41. The monoisotopic (exact) mass is 372 g/mol. The molecule has 13 heavy (non-hydrogen) atoms. The molecular weight excluding hydrogens is 353 g/mol. The van der Waals surface area contributed by atoms with E-state index in [4.69, 9.17) is 0 Å². The van der Waals surface area contributed by atoms with E-state index in [1.54, 1.807) is 3.27 Å². The molecule has 1 heteroatoms. The Kier molecular flexibility index (Phi) is 4.39. The molecule has 0 amide bonds. The molecule has 0 spiro atoms. The van der Waals surface area contributed by atoms with Crippen LogP contribution in [0.4, 0.5) is 0 Å². The minimum absolute atomic E-state index is 0.928. The van der Waals surface area contributed by atoms with Gasteiger partial charge in [-0.25, -0.2) is 0 Å². The third-order valence-electron chi connectivity index (χ3n) is 2.17. The molecular formula is C12H19Bi. The molecule has 1 aromatic carbocycles. The third-order valence-corrected chi connectivity index (χ3v) is 14.3. The number of benzene rings is 1. The summed E-state index contributed by atoms with van der Waals surface area (Å²) in [6.07, 6.45) is 0. The van der Waals surface area contributed by atoms with Crippen LogP contribution in [0.25, 0.3) is 0 Å². The molecule has 0 atom stereocenters. The summed E-state index contributed by atoms with van der Waals surface area (Å²) in [5, 5.41) is 0. The van der Waals surface area contributed by atoms with Gasteiger partial charge in [0.2, 0.25) is 0 Å². The maximum atomic E-state index is 2.39. The van der Waals surface area contributed by atoms with Crippen molar-refractivity contribution in [3.8, 4) is 0 Å². The maximum absolute atomic E-state index is 2.39. The van der Waals surface area contributed by atoms with E-state index in [1.807, 2.05) is 0 Å². The van der Waals surface area contributed by atoms with Crippen molar-refractivity contribution in [2.45, 2.75) is 34.9 Å². The van der Waals surface area contributed by atoms with Gasteiger partial charge in [-0.15, -0.1) is 0 Å². The molecule has 0 aliphatic heterocycles. The summed E-state index contributed by atoms with van der Waals surface area (Å²) < 4.78 is 3.54. The second-order valence-electron chi connectivity index (χ2n) is 3.93. The van der Waals surface area contributed by atoms with Gasteiger partial charge in [0.1, 0.15) is 0 Å². The standard InChI is InChI=1S/C6H5.2C3H7.Bi/c1-2-4-6-5-3-1;2*1-3-2;/h1-5H;2*3H,1-2H3;. The predicted octanol–water partition coefficient (Wildman–Crippen LogP) is 3.21. The first-order valence-electron chi connectivity index (χ1n) is 4.96. The summed E-state index contributed by atoms with van der Waals surface area (Å²) in [5.74, 6) is 0. The first kappa shape index (κ1) is 11.2. The van der Waals surface area contributed by atoms with E-state index < -0.39 is 21.8 Å². The van der Waals surface area contributed by atoms with Gasteiger partial charge in [0.15, 0.2) is 0 Å². The van der Waals surface area contributed by atoms with Gasteiger partial charge in [0.05, 0.1) is 0 Å². The Morgan fingerprint density at radius 3 is 1.69 bits per heavy atom. The zero-order valence-electron chi connectivity index (χ0n) is 8.99. The molecule has 0 heterocycles. The molecule has 0 saturated heterocycles. The zero-order valence-corrected chi connectivity index (χ0v) is 12.5. The molecule has 0 aliphatic rings. The quantitative estimate of drug-likeness (QED) is 0.715. The van der Waals surface area contributed by atoms with E-state index in [1.165, 1.54) is 0 Å². The Balaban J connectivity index is 2.89. The Morgan fingerprint density at radius 1 is 0.846 bits per heavy atom. The molecule has 1 rings (SSSR count). The molecule has 72 valence electrons. The molecule has 0 nitrogen and oxygen atoms in total. The van der Waals surface area contributed by atoms with E-state index in [2.05, 4.69) is 58.0 Å². The van der Waals surface area contributed by atoms with E-state index in [0.29, 0.717) is 0 Å². The van der Waals surface area contributed by atoms with Crippen LogP contribution in [0.5, 0.6) is 0 Å². The first-order chi connectivity index (χ1) is 6.13. The van der Waals surface area contributed by atoms with Gasteiger partial charge in [-0.2, -0.15) is 0 Å². The summed E-state index contributed by atoms with van der Waals surface area (Å²) in [5.41, 5.74) is 0. The van der Waals surface area contributed by atoms with Crippen LogP contribution in [-0.4, -0.2) is 21.8 Å². The van der Waals surface area contributed by atoms with Crippen LogP contribution in [0.15, 0.2) is 30.3 Å². The molecule has 0 N–H and O–H groups in total.